The van der Waals surface area contributed by atoms with Crippen molar-refractivity contribution in [1.82, 2.24) is 9.97 Å². The van der Waals surface area contributed by atoms with Crippen molar-refractivity contribution < 1.29 is 4.74 Å². The van der Waals surface area contributed by atoms with E-state index in [0.29, 0.717) is 6.10 Å². The van der Waals surface area contributed by atoms with Gasteiger partial charge in [-0.05, 0) is 26.2 Å². The first kappa shape index (κ1) is 15.0. The average Bonchev–Trinajstić information content (AvgIpc) is 2.48. The largest absolute Gasteiger partial charge is 0.381 e. The Morgan fingerprint density at radius 2 is 2.05 bits per heavy atom. The summed E-state index contributed by atoms with van der Waals surface area (Å²) in [4.78, 5) is 11.6. The van der Waals surface area contributed by atoms with Crippen LogP contribution in [0.2, 0.25) is 0 Å². The molecule has 112 valence electrons. The van der Waals surface area contributed by atoms with Crippen LogP contribution in [0.3, 0.4) is 0 Å². The van der Waals surface area contributed by atoms with Crippen molar-refractivity contribution in [3.63, 3.8) is 0 Å². The number of nitrogens with one attached hydrogen (secondary N) is 1. The summed E-state index contributed by atoms with van der Waals surface area (Å²) in [6, 6.07) is 2.07. The van der Waals surface area contributed by atoms with E-state index in [9.17, 15) is 0 Å². The molecular weight excluding hydrogens is 252 g/mol. The van der Waals surface area contributed by atoms with E-state index in [0.717, 1.165) is 62.8 Å². The molecule has 0 bridgehead atoms. The van der Waals surface area contributed by atoms with Crippen molar-refractivity contribution in [3.8, 4) is 0 Å². The summed E-state index contributed by atoms with van der Waals surface area (Å²) in [5.74, 6) is 2.93. The molecule has 1 aromatic heterocycles. The molecule has 2 heterocycles. The Bertz CT molecular complexity index is 392. The first-order valence-electron chi connectivity index (χ1n) is 7.66. The van der Waals surface area contributed by atoms with Gasteiger partial charge in [0, 0.05) is 39.2 Å². The third-order valence-corrected chi connectivity index (χ3v) is 3.69. The third kappa shape index (κ3) is 3.82. The summed E-state index contributed by atoms with van der Waals surface area (Å²) in [6.45, 7) is 7.14. The van der Waals surface area contributed by atoms with Crippen LogP contribution >= 0.6 is 0 Å². The molecule has 20 heavy (non-hydrogen) atoms. The highest BCUT2D eigenvalue weighted by Crippen LogP contribution is 2.22. The van der Waals surface area contributed by atoms with Crippen molar-refractivity contribution in [2.24, 2.45) is 0 Å². The molecule has 1 fully saturated rings. The molecule has 0 radical (unpaired) electrons. The minimum atomic E-state index is 0.399. The van der Waals surface area contributed by atoms with Gasteiger partial charge in [0.25, 0.3) is 0 Å². The number of anilines is 2. The van der Waals surface area contributed by atoms with Crippen molar-refractivity contribution in [1.29, 1.82) is 0 Å². The number of piperidine rings is 1. The predicted molar refractivity (Wildman–Crippen MR) is 82.4 cm³/mol. The van der Waals surface area contributed by atoms with E-state index in [4.69, 9.17) is 9.72 Å². The number of ether oxygens (including phenoxy) is 1. The van der Waals surface area contributed by atoms with Gasteiger partial charge in [-0.2, -0.15) is 0 Å². The smallest absolute Gasteiger partial charge is 0.134 e. The van der Waals surface area contributed by atoms with Gasteiger partial charge in [-0.3, -0.25) is 0 Å². The zero-order valence-electron chi connectivity index (χ0n) is 12.9. The molecule has 0 unspecified atom stereocenters. The van der Waals surface area contributed by atoms with Crippen LogP contribution in [0.15, 0.2) is 6.07 Å². The molecule has 2 rings (SSSR count). The van der Waals surface area contributed by atoms with Crippen LogP contribution in [-0.4, -0.2) is 42.8 Å². The van der Waals surface area contributed by atoms with Gasteiger partial charge in [0.2, 0.25) is 0 Å². The minimum absolute atomic E-state index is 0.399. The Morgan fingerprint density at radius 3 is 2.65 bits per heavy atom. The number of methoxy groups -OCH3 is 1. The molecule has 1 N–H and O–H groups in total. The van der Waals surface area contributed by atoms with Crippen molar-refractivity contribution in [2.45, 2.75) is 45.6 Å². The van der Waals surface area contributed by atoms with Crippen LogP contribution in [0.25, 0.3) is 0 Å². The number of aryl methyl sites for hydroxylation is 1. The summed E-state index contributed by atoms with van der Waals surface area (Å²) in [7, 11) is 1.80. The molecule has 0 spiro atoms. The normalized spacial score (nSPS) is 16.4. The molecule has 0 aliphatic carbocycles. The lowest BCUT2D eigenvalue weighted by Gasteiger charge is -2.32. The van der Waals surface area contributed by atoms with Gasteiger partial charge in [-0.25, -0.2) is 9.97 Å². The van der Waals surface area contributed by atoms with Crippen LogP contribution in [-0.2, 0) is 11.2 Å². The topological polar surface area (TPSA) is 50.3 Å². The Labute approximate surface area is 121 Å². The van der Waals surface area contributed by atoms with Gasteiger partial charge >= 0.3 is 0 Å². The Morgan fingerprint density at radius 1 is 1.30 bits per heavy atom. The second-order valence-corrected chi connectivity index (χ2v) is 5.23. The maximum atomic E-state index is 5.43. The number of aromatic nitrogens is 2. The quantitative estimate of drug-likeness (QED) is 0.866. The van der Waals surface area contributed by atoms with E-state index in [1.807, 2.05) is 0 Å². The van der Waals surface area contributed by atoms with Crippen LogP contribution < -0.4 is 10.2 Å². The van der Waals surface area contributed by atoms with E-state index in [-0.39, 0.29) is 0 Å². The van der Waals surface area contributed by atoms with Crippen molar-refractivity contribution in [3.05, 3.63) is 11.9 Å². The fourth-order valence-electron chi connectivity index (χ4n) is 2.57. The molecular formula is C15H26N4O. The van der Waals surface area contributed by atoms with E-state index in [2.05, 4.69) is 35.1 Å². The minimum Gasteiger partial charge on any atom is -0.381 e. The van der Waals surface area contributed by atoms with Crippen molar-refractivity contribution >= 4 is 11.6 Å². The second-order valence-electron chi connectivity index (χ2n) is 5.23. The van der Waals surface area contributed by atoms with Gasteiger partial charge < -0.3 is 15.0 Å². The molecule has 0 aromatic carbocycles. The zero-order chi connectivity index (χ0) is 14.4. The van der Waals surface area contributed by atoms with Gasteiger partial charge in [0.1, 0.15) is 17.5 Å². The van der Waals surface area contributed by atoms with Crippen LogP contribution in [0.5, 0.6) is 0 Å². The summed E-state index contributed by atoms with van der Waals surface area (Å²) < 4.78 is 5.43. The van der Waals surface area contributed by atoms with Crippen LogP contribution in [0.4, 0.5) is 11.6 Å². The second kappa shape index (κ2) is 7.43. The molecule has 0 saturated carbocycles. The predicted octanol–water partition coefficient (Wildman–Crippen LogP) is 2.48. The van der Waals surface area contributed by atoms with E-state index < -0.39 is 0 Å². The number of rotatable bonds is 6. The van der Waals surface area contributed by atoms with E-state index in [1.54, 1.807) is 7.11 Å². The summed E-state index contributed by atoms with van der Waals surface area (Å²) >= 11 is 0. The molecule has 0 amide bonds. The van der Waals surface area contributed by atoms with Gasteiger partial charge in [-0.15, -0.1) is 0 Å². The van der Waals surface area contributed by atoms with Gasteiger partial charge in [-0.1, -0.05) is 6.92 Å². The molecule has 0 atom stereocenters. The molecule has 5 nitrogen and oxygen atoms in total. The van der Waals surface area contributed by atoms with Crippen LogP contribution in [0, 0.1) is 0 Å². The van der Waals surface area contributed by atoms with Gasteiger partial charge in [0.15, 0.2) is 0 Å². The Hall–Kier alpha value is -1.36. The highest BCUT2D eigenvalue weighted by Gasteiger charge is 2.20. The molecule has 1 aliphatic rings. The van der Waals surface area contributed by atoms with Crippen molar-refractivity contribution in [2.75, 3.05) is 37.0 Å². The zero-order valence-corrected chi connectivity index (χ0v) is 12.9. The Balaban J connectivity index is 2.13. The number of hydrogen-bond acceptors (Lipinski definition) is 5. The first-order chi connectivity index (χ1) is 9.76. The summed E-state index contributed by atoms with van der Waals surface area (Å²) in [5.41, 5.74) is 0. The maximum absolute atomic E-state index is 5.43. The van der Waals surface area contributed by atoms with Gasteiger partial charge in [0.05, 0.1) is 6.10 Å². The molecule has 1 saturated heterocycles. The highest BCUT2D eigenvalue weighted by molar-refractivity contribution is 5.49. The summed E-state index contributed by atoms with van der Waals surface area (Å²) in [6.07, 6.45) is 4.54. The highest BCUT2D eigenvalue weighted by atomic mass is 16.5. The molecule has 1 aromatic rings. The number of nitrogens with zero attached hydrogens (tertiary/aromatic N) is 3. The molecule has 1 aliphatic heterocycles. The lowest BCUT2D eigenvalue weighted by Crippen LogP contribution is -2.37. The average molecular weight is 278 g/mol. The molecule has 5 heteroatoms. The standard InChI is InChI=1S/C15H26N4O/c1-4-6-13-17-14(16-5-2)11-15(18-13)19-9-7-12(20-3)8-10-19/h11-12H,4-10H2,1-3H3,(H,16,17,18). The Kier molecular flexibility index (Phi) is 5.59. The van der Waals surface area contributed by atoms with Crippen LogP contribution in [0.1, 0.15) is 38.9 Å². The van der Waals surface area contributed by atoms with E-state index in [1.165, 1.54) is 0 Å². The lowest BCUT2D eigenvalue weighted by molar-refractivity contribution is 0.0818. The monoisotopic (exact) mass is 278 g/mol. The first-order valence-corrected chi connectivity index (χ1v) is 7.66. The summed E-state index contributed by atoms with van der Waals surface area (Å²) in [5, 5.41) is 3.30. The maximum Gasteiger partial charge on any atom is 0.134 e. The van der Waals surface area contributed by atoms with E-state index >= 15 is 0 Å². The lowest BCUT2D eigenvalue weighted by atomic mass is 10.1. The fourth-order valence-corrected chi connectivity index (χ4v) is 2.57. The SMILES string of the molecule is CCCc1nc(NCC)cc(N2CCC(OC)CC2)n1. The number of hydrogen-bond donors (Lipinski definition) is 1. The fraction of sp³-hybridized carbons (Fsp3) is 0.733. The third-order valence-electron chi connectivity index (χ3n) is 3.69.